The molecule has 0 bridgehead atoms. The van der Waals surface area contributed by atoms with Gasteiger partial charge in [-0.3, -0.25) is 4.79 Å². The third kappa shape index (κ3) is 33.3. The molecule has 64 heavy (non-hydrogen) atoms. The molecular formula is C55H91NO8. The van der Waals surface area contributed by atoms with Crippen LogP contribution in [0.25, 0.3) is 0 Å². The van der Waals surface area contributed by atoms with E-state index in [1.54, 1.807) is 6.08 Å². The van der Waals surface area contributed by atoms with Crippen molar-refractivity contribution in [1.82, 2.24) is 5.32 Å². The molecule has 0 saturated carbocycles. The lowest BCUT2D eigenvalue weighted by Gasteiger charge is -2.40. The predicted octanol–water partition coefficient (Wildman–Crippen LogP) is 11.4. The highest BCUT2D eigenvalue weighted by Crippen LogP contribution is 2.22. The van der Waals surface area contributed by atoms with Gasteiger partial charge in [0.25, 0.3) is 0 Å². The molecule has 1 aliphatic heterocycles. The highest BCUT2D eigenvalue weighted by molar-refractivity contribution is 5.76. The van der Waals surface area contributed by atoms with Crippen molar-refractivity contribution in [2.75, 3.05) is 13.2 Å². The van der Waals surface area contributed by atoms with Crippen LogP contribution in [0, 0.1) is 0 Å². The molecule has 1 fully saturated rings. The molecule has 0 aromatic rings. The Kier molecular flexibility index (Phi) is 40.2. The van der Waals surface area contributed by atoms with Crippen molar-refractivity contribution < 1.29 is 39.8 Å². The summed E-state index contributed by atoms with van der Waals surface area (Å²) in [7, 11) is 0. The second kappa shape index (κ2) is 43.7. The average molecular weight is 894 g/mol. The number of hydrogen-bond acceptors (Lipinski definition) is 8. The van der Waals surface area contributed by atoms with Crippen molar-refractivity contribution in [3.63, 3.8) is 0 Å². The molecule has 0 spiro atoms. The number of ether oxygens (including phenoxy) is 2. The largest absolute Gasteiger partial charge is 0.394 e. The van der Waals surface area contributed by atoms with E-state index in [-0.39, 0.29) is 12.5 Å². The fourth-order valence-corrected chi connectivity index (χ4v) is 7.11. The monoisotopic (exact) mass is 894 g/mol. The van der Waals surface area contributed by atoms with Gasteiger partial charge in [0.1, 0.15) is 24.4 Å². The number of carbonyl (C=O) groups excluding carboxylic acids is 1. The first-order valence-corrected chi connectivity index (χ1v) is 25.1. The Balaban J connectivity index is 2.24. The number of rotatable bonds is 40. The van der Waals surface area contributed by atoms with Crippen LogP contribution in [0.4, 0.5) is 0 Å². The van der Waals surface area contributed by atoms with Gasteiger partial charge in [-0.2, -0.15) is 0 Å². The number of unbranched alkanes of at least 4 members (excludes halogenated alkanes) is 14. The molecule has 6 N–H and O–H groups in total. The average Bonchev–Trinajstić information content (AvgIpc) is 3.29. The molecule has 9 nitrogen and oxygen atoms in total. The smallest absolute Gasteiger partial charge is 0.220 e. The van der Waals surface area contributed by atoms with E-state index in [1.807, 2.05) is 6.08 Å². The van der Waals surface area contributed by atoms with E-state index < -0.39 is 49.5 Å². The molecule has 1 amide bonds. The maximum absolute atomic E-state index is 13.0. The van der Waals surface area contributed by atoms with Gasteiger partial charge in [0, 0.05) is 6.42 Å². The molecule has 364 valence electrons. The van der Waals surface area contributed by atoms with Gasteiger partial charge in [0.05, 0.1) is 25.4 Å². The first kappa shape index (κ1) is 58.9. The number of aliphatic hydroxyl groups is 5. The maximum atomic E-state index is 13.0. The van der Waals surface area contributed by atoms with Crippen molar-refractivity contribution in [2.24, 2.45) is 0 Å². The molecule has 0 radical (unpaired) electrons. The number of nitrogens with one attached hydrogen (secondary N) is 1. The minimum absolute atomic E-state index is 0.200. The third-order valence-corrected chi connectivity index (χ3v) is 11.1. The van der Waals surface area contributed by atoms with Gasteiger partial charge >= 0.3 is 0 Å². The van der Waals surface area contributed by atoms with Crippen LogP contribution in [0.5, 0.6) is 0 Å². The minimum atomic E-state index is -1.57. The predicted molar refractivity (Wildman–Crippen MR) is 267 cm³/mol. The van der Waals surface area contributed by atoms with E-state index in [0.29, 0.717) is 6.42 Å². The summed E-state index contributed by atoms with van der Waals surface area (Å²) in [6.45, 7) is 3.60. The Bertz CT molecular complexity index is 1360. The molecular weight excluding hydrogens is 803 g/mol. The lowest BCUT2D eigenvalue weighted by Crippen LogP contribution is -2.60. The van der Waals surface area contributed by atoms with Crippen molar-refractivity contribution in [1.29, 1.82) is 0 Å². The van der Waals surface area contributed by atoms with Crippen LogP contribution >= 0.6 is 0 Å². The van der Waals surface area contributed by atoms with E-state index in [1.165, 1.54) is 38.5 Å². The van der Waals surface area contributed by atoms with Crippen LogP contribution in [0.2, 0.25) is 0 Å². The molecule has 0 aliphatic carbocycles. The fourth-order valence-electron chi connectivity index (χ4n) is 7.11. The van der Waals surface area contributed by atoms with E-state index in [0.717, 1.165) is 116 Å². The van der Waals surface area contributed by atoms with Gasteiger partial charge in [-0.05, 0) is 83.5 Å². The lowest BCUT2D eigenvalue weighted by atomic mass is 9.99. The summed E-state index contributed by atoms with van der Waals surface area (Å²) in [4.78, 5) is 13.0. The van der Waals surface area contributed by atoms with E-state index >= 15 is 0 Å². The van der Waals surface area contributed by atoms with Gasteiger partial charge in [-0.15, -0.1) is 0 Å². The topological polar surface area (TPSA) is 149 Å². The van der Waals surface area contributed by atoms with Gasteiger partial charge in [0.15, 0.2) is 6.29 Å². The number of allylic oxidation sites excluding steroid dienone is 17. The summed E-state index contributed by atoms with van der Waals surface area (Å²) >= 11 is 0. The van der Waals surface area contributed by atoms with Crippen LogP contribution in [0.1, 0.15) is 174 Å². The summed E-state index contributed by atoms with van der Waals surface area (Å²) in [6.07, 6.45) is 57.1. The first-order chi connectivity index (χ1) is 31.3. The molecule has 9 heteroatoms. The van der Waals surface area contributed by atoms with Gasteiger partial charge < -0.3 is 40.3 Å². The molecule has 1 rings (SSSR count). The second-order valence-electron chi connectivity index (χ2n) is 16.9. The van der Waals surface area contributed by atoms with Crippen LogP contribution < -0.4 is 5.32 Å². The first-order valence-electron chi connectivity index (χ1n) is 25.1. The summed E-state index contributed by atoms with van der Waals surface area (Å²) < 4.78 is 11.2. The number of hydrogen-bond donors (Lipinski definition) is 6. The van der Waals surface area contributed by atoms with E-state index in [9.17, 15) is 30.3 Å². The highest BCUT2D eigenvalue weighted by atomic mass is 16.7. The van der Waals surface area contributed by atoms with Crippen LogP contribution in [0.3, 0.4) is 0 Å². The number of carbonyl (C=O) groups is 1. The quantitative estimate of drug-likeness (QED) is 0.0263. The Morgan fingerprint density at radius 1 is 0.547 bits per heavy atom. The Morgan fingerprint density at radius 3 is 1.44 bits per heavy atom. The summed E-state index contributed by atoms with van der Waals surface area (Å²) in [5.41, 5.74) is 0. The standard InChI is InChI=1S/C55H91NO8/c1-3-5-7-9-11-13-15-16-17-18-19-20-21-22-23-24-25-26-27-28-29-30-31-32-33-34-35-37-39-41-43-45-51(59)56-48(47-63-55-54(62)53(61)52(60)50(46-57)64-55)49(58)44-42-40-38-36-14-12-10-8-6-4-2/h5,7,11,13,16-17,19-20,22-23,25-26,28-29,31-32,42,44,48-50,52-55,57-58,60-62H,3-4,6,8-10,12,14-15,18,21,24,27,30,33-41,43,45-47H2,1-2H3,(H,56,59)/b7-5-,13-11-,17-16-,20-19-,23-22-,26-25-,29-28-,32-31-,44-42+. The summed E-state index contributed by atoms with van der Waals surface area (Å²) in [5, 5.41) is 54.1. The molecule has 7 unspecified atom stereocenters. The van der Waals surface area contributed by atoms with E-state index in [2.05, 4.69) is 116 Å². The van der Waals surface area contributed by atoms with Gasteiger partial charge in [-0.25, -0.2) is 0 Å². The van der Waals surface area contributed by atoms with Crippen molar-refractivity contribution in [3.05, 3.63) is 109 Å². The third-order valence-electron chi connectivity index (χ3n) is 11.1. The van der Waals surface area contributed by atoms with Crippen molar-refractivity contribution in [3.8, 4) is 0 Å². The molecule has 7 atom stereocenters. The molecule has 1 aliphatic rings. The molecule has 0 aromatic heterocycles. The van der Waals surface area contributed by atoms with Gasteiger partial charge in [0.2, 0.25) is 5.91 Å². The molecule has 1 heterocycles. The maximum Gasteiger partial charge on any atom is 0.220 e. The van der Waals surface area contributed by atoms with Gasteiger partial charge in [-0.1, -0.05) is 194 Å². The van der Waals surface area contributed by atoms with Crippen LogP contribution in [0.15, 0.2) is 109 Å². The highest BCUT2D eigenvalue weighted by Gasteiger charge is 2.44. The zero-order valence-corrected chi connectivity index (χ0v) is 40.0. The lowest BCUT2D eigenvalue weighted by molar-refractivity contribution is -0.302. The zero-order chi connectivity index (χ0) is 46.6. The number of amides is 1. The molecule has 1 saturated heterocycles. The SMILES string of the molecule is CC/C=C\C/C=C\C/C=C\C/C=C\C/C=C\C/C=C\C/C=C\C/C=C\CCCCCCCCC(=O)NC(COC1OC(CO)C(O)C(O)C1O)C(O)/C=C/CCCCCCCCCC. The summed E-state index contributed by atoms with van der Waals surface area (Å²) in [5.74, 6) is -0.200. The number of aliphatic hydroxyl groups excluding tert-OH is 5. The van der Waals surface area contributed by atoms with Crippen LogP contribution in [-0.4, -0.2) is 87.5 Å². The Hall–Kier alpha value is -3.15. The van der Waals surface area contributed by atoms with E-state index in [4.69, 9.17) is 9.47 Å². The molecule has 0 aromatic carbocycles. The van der Waals surface area contributed by atoms with Crippen molar-refractivity contribution >= 4 is 5.91 Å². The Labute approximate surface area is 389 Å². The minimum Gasteiger partial charge on any atom is -0.394 e. The fraction of sp³-hybridized carbons (Fsp3) is 0.655. The Morgan fingerprint density at radius 2 is 0.969 bits per heavy atom. The zero-order valence-electron chi connectivity index (χ0n) is 40.0. The van der Waals surface area contributed by atoms with Crippen molar-refractivity contribution in [2.45, 2.75) is 217 Å². The second-order valence-corrected chi connectivity index (χ2v) is 16.9. The summed E-state index contributed by atoms with van der Waals surface area (Å²) in [6, 6.07) is -0.819. The van der Waals surface area contributed by atoms with Crippen LogP contribution in [-0.2, 0) is 14.3 Å². The normalized spacial score (nSPS) is 21.0.